The number of nitrogens with one attached hydrogen (secondary N) is 2. The third-order valence-corrected chi connectivity index (χ3v) is 6.28. The highest BCUT2D eigenvalue weighted by Crippen LogP contribution is 2.36. The maximum absolute atomic E-state index is 12.3. The van der Waals surface area contributed by atoms with Crippen molar-refractivity contribution in [1.82, 2.24) is 9.62 Å². The molecule has 2 atom stereocenters. The zero-order valence-corrected chi connectivity index (χ0v) is 12.8. The lowest BCUT2D eigenvalue weighted by Gasteiger charge is -2.29. The van der Waals surface area contributed by atoms with E-state index in [1.54, 1.807) is 12.1 Å². The third-order valence-electron chi connectivity index (χ3n) is 4.82. The largest absolute Gasteiger partial charge is 0.593 e. The second-order valence-electron chi connectivity index (χ2n) is 6.65. The normalized spacial score (nSPS) is 36.2. The molecule has 4 rings (SSSR count). The van der Waals surface area contributed by atoms with E-state index < -0.39 is 10.4 Å². The van der Waals surface area contributed by atoms with E-state index in [1.165, 1.54) is 12.8 Å². The van der Waals surface area contributed by atoms with Crippen LogP contribution in [0.3, 0.4) is 0 Å². The number of anilines is 1. The molecule has 1 saturated carbocycles. The van der Waals surface area contributed by atoms with E-state index in [-0.39, 0.29) is 5.54 Å². The molecule has 2 N–H and O–H groups in total. The Kier molecular flexibility index (Phi) is 3.11. The SMILES string of the molecule is O=[S+]1([O-])NCC2(CCN(CC3CC3)C2)Nc2ccccc21. The number of hydrogen-bond donors (Lipinski definition) is 2. The van der Waals surface area contributed by atoms with Gasteiger partial charge in [0.05, 0.1) is 17.8 Å². The molecule has 6 heteroatoms. The smallest absolute Gasteiger partial charge is 0.198 e. The van der Waals surface area contributed by atoms with Crippen molar-refractivity contribution in [3.8, 4) is 0 Å². The summed E-state index contributed by atoms with van der Waals surface area (Å²) in [6, 6.07) is 7.19. The molecule has 1 saturated heterocycles. The quantitative estimate of drug-likeness (QED) is 0.812. The fourth-order valence-electron chi connectivity index (χ4n) is 3.47. The van der Waals surface area contributed by atoms with Crippen LogP contribution in [0.1, 0.15) is 19.3 Å². The van der Waals surface area contributed by atoms with E-state index in [2.05, 4.69) is 14.9 Å². The average Bonchev–Trinajstić information content (AvgIpc) is 3.19. The molecule has 3 aliphatic rings. The first kappa shape index (κ1) is 13.7. The summed E-state index contributed by atoms with van der Waals surface area (Å²) in [7, 11) is -3.40. The van der Waals surface area contributed by atoms with E-state index in [0.29, 0.717) is 11.4 Å². The molecule has 2 unspecified atom stereocenters. The van der Waals surface area contributed by atoms with Crippen LogP contribution >= 0.6 is 0 Å². The fourth-order valence-corrected chi connectivity index (χ4v) is 4.76. The van der Waals surface area contributed by atoms with Gasteiger partial charge in [-0.1, -0.05) is 16.3 Å². The standard InChI is InChI=1S/C15H21N3O2S/c19-21(20)14-4-2-1-3-13(14)17-15(10-16-21)7-8-18(11-15)9-12-5-6-12/h1-4,12,17H,5-11H2,(H-,16,19,20). The van der Waals surface area contributed by atoms with Crippen molar-refractivity contribution in [3.63, 3.8) is 0 Å². The van der Waals surface area contributed by atoms with E-state index in [9.17, 15) is 8.76 Å². The number of fused-ring (bicyclic) bond motifs is 1. The molecule has 114 valence electrons. The molecule has 0 bridgehead atoms. The van der Waals surface area contributed by atoms with Crippen LogP contribution in [0.4, 0.5) is 5.69 Å². The molecule has 1 spiro atoms. The Hall–Kier alpha value is -0.950. The van der Waals surface area contributed by atoms with Gasteiger partial charge in [0.15, 0.2) is 15.3 Å². The summed E-state index contributed by atoms with van der Waals surface area (Å²) in [5, 5.41) is 3.53. The van der Waals surface area contributed by atoms with Gasteiger partial charge in [0, 0.05) is 19.6 Å². The first-order valence-corrected chi connectivity index (χ1v) is 9.14. The predicted octanol–water partition coefficient (Wildman–Crippen LogP) is 1.46. The topological polar surface area (TPSA) is 67.4 Å². The number of para-hydroxylation sites is 1. The zero-order valence-electron chi connectivity index (χ0n) is 12.0. The maximum Gasteiger partial charge on any atom is 0.198 e. The molecule has 5 nitrogen and oxygen atoms in total. The summed E-state index contributed by atoms with van der Waals surface area (Å²) in [5.41, 5.74) is 0.560. The highest BCUT2D eigenvalue weighted by atomic mass is 32.3. The van der Waals surface area contributed by atoms with Gasteiger partial charge in [0.2, 0.25) is 0 Å². The Balaban J connectivity index is 1.60. The molecule has 0 amide bonds. The van der Waals surface area contributed by atoms with Crippen molar-refractivity contribution >= 4 is 16.1 Å². The minimum absolute atomic E-state index is 0.172. The maximum atomic E-state index is 12.3. The first-order valence-electron chi connectivity index (χ1n) is 7.66. The molecule has 1 aromatic rings. The number of sulfonamides is 1. The molecule has 2 heterocycles. The van der Waals surface area contributed by atoms with Crippen LogP contribution in [0, 0.1) is 5.92 Å². The summed E-state index contributed by atoms with van der Waals surface area (Å²) < 4.78 is 27.5. The summed E-state index contributed by atoms with van der Waals surface area (Å²) >= 11 is 0. The number of likely N-dealkylation sites (tertiary alicyclic amines) is 1. The van der Waals surface area contributed by atoms with Crippen LogP contribution in [-0.2, 0) is 14.6 Å². The van der Waals surface area contributed by atoms with Gasteiger partial charge in [-0.25, -0.2) is 0 Å². The number of rotatable bonds is 2. The molecule has 0 radical (unpaired) electrons. The van der Waals surface area contributed by atoms with Gasteiger partial charge in [-0.3, -0.25) is 0 Å². The van der Waals surface area contributed by atoms with Crippen LogP contribution < -0.4 is 10.0 Å². The minimum Gasteiger partial charge on any atom is -0.593 e. The van der Waals surface area contributed by atoms with Crippen LogP contribution in [0.2, 0.25) is 0 Å². The van der Waals surface area contributed by atoms with Gasteiger partial charge in [-0.2, -0.15) is 0 Å². The third kappa shape index (κ3) is 2.61. The van der Waals surface area contributed by atoms with Crippen LogP contribution in [0.15, 0.2) is 29.2 Å². The highest BCUT2D eigenvalue weighted by molar-refractivity contribution is 7.96. The highest BCUT2D eigenvalue weighted by Gasteiger charge is 2.44. The molecular weight excluding hydrogens is 286 g/mol. The van der Waals surface area contributed by atoms with Crippen molar-refractivity contribution in [2.45, 2.75) is 29.7 Å². The summed E-state index contributed by atoms with van der Waals surface area (Å²) in [6.07, 6.45) is 3.69. The van der Waals surface area contributed by atoms with E-state index in [4.69, 9.17) is 0 Å². The predicted molar refractivity (Wildman–Crippen MR) is 81.7 cm³/mol. The second kappa shape index (κ2) is 4.78. The molecule has 1 aliphatic carbocycles. The van der Waals surface area contributed by atoms with Gasteiger partial charge in [0.25, 0.3) is 0 Å². The van der Waals surface area contributed by atoms with Crippen molar-refractivity contribution < 1.29 is 8.76 Å². The summed E-state index contributed by atoms with van der Waals surface area (Å²) in [4.78, 5) is 2.84. The number of nitrogens with zero attached hydrogens (tertiary/aromatic N) is 1. The van der Waals surface area contributed by atoms with E-state index in [1.807, 2.05) is 12.1 Å². The monoisotopic (exact) mass is 307 g/mol. The average molecular weight is 307 g/mol. The molecule has 0 aromatic heterocycles. The molecule has 21 heavy (non-hydrogen) atoms. The van der Waals surface area contributed by atoms with Crippen LogP contribution in [0.5, 0.6) is 0 Å². The Morgan fingerprint density at radius 1 is 1.38 bits per heavy atom. The van der Waals surface area contributed by atoms with E-state index >= 15 is 0 Å². The Morgan fingerprint density at radius 2 is 2.19 bits per heavy atom. The molecule has 2 aliphatic heterocycles. The number of hydrogen-bond acceptors (Lipinski definition) is 4. The van der Waals surface area contributed by atoms with Gasteiger partial charge < -0.3 is 14.8 Å². The summed E-state index contributed by atoms with van der Waals surface area (Å²) in [6.45, 7) is 3.59. The second-order valence-corrected chi connectivity index (χ2v) is 8.39. The van der Waals surface area contributed by atoms with Crippen LogP contribution in [0.25, 0.3) is 0 Å². The van der Waals surface area contributed by atoms with Gasteiger partial charge in [-0.15, -0.1) is 4.72 Å². The van der Waals surface area contributed by atoms with Crippen molar-refractivity contribution in [2.75, 3.05) is 31.5 Å². The van der Waals surface area contributed by atoms with Gasteiger partial charge in [-0.05, 0) is 37.3 Å². The molecule has 1 aromatic carbocycles. The van der Waals surface area contributed by atoms with Crippen molar-refractivity contribution in [1.29, 1.82) is 0 Å². The fraction of sp³-hybridized carbons (Fsp3) is 0.600. The lowest BCUT2D eigenvalue weighted by Crippen LogP contribution is -2.49. The van der Waals surface area contributed by atoms with Gasteiger partial charge in [0.1, 0.15) is 0 Å². The van der Waals surface area contributed by atoms with Gasteiger partial charge >= 0.3 is 0 Å². The lowest BCUT2D eigenvalue weighted by atomic mass is 9.98. The van der Waals surface area contributed by atoms with Crippen molar-refractivity contribution in [2.24, 2.45) is 5.92 Å². The Bertz CT molecular complexity index is 604. The Labute approximate surface area is 126 Å². The van der Waals surface area contributed by atoms with Crippen molar-refractivity contribution in [3.05, 3.63) is 24.3 Å². The molecule has 2 fully saturated rings. The van der Waals surface area contributed by atoms with Crippen LogP contribution in [-0.4, -0.2) is 41.2 Å². The minimum atomic E-state index is -3.40. The first-order chi connectivity index (χ1) is 10.1. The molecular formula is C15H21N3O2S. The zero-order chi connectivity index (χ0) is 14.5. The summed E-state index contributed by atoms with van der Waals surface area (Å²) in [5.74, 6) is 0.870. The number of benzene rings is 1. The van der Waals surface area contributed by atoms with E-state index in [0.717, 1.165) is 37.7 Å². The lowest BCUT2D eigenvalue weighted by molar-refractivity contribution is 0.305. The Morgan fingerprint density at radius 3 is 3.00 bits per heavy atom.